The van der Waals surface area contributed by atoms with Gasteiger partial charge in [0.15, 0.2) is 5.16 Å². The molecule has 2 amide bonds. The van der Waals surface area contributed by atoms with Gasteiger partial charge in [-0.1, -0.05) is 35.5 Å². The highest BCUT2D eigenvalue weighted by molar-refractivity contribution is 7.99. The van der Waals surface area contributed by atoms with Gasteiger partial charge in [0.05, 0.1) is 12.2 Å². The van der Waals surface area contributed by atoms with E-state index >= 15 is 0 Å². The summed E-state index contributed by atoms with van der Waals surface area (Å²) in [6.45, 7) is 4.32. The zero-order valence-corrected chi connectivity index (χ0v) is 17.8. The van der Waals surface area contributed by atoms with Crippen LogP contribution < -0.4 is 10.6 Å². The number of carbonyl (C=O) groups excluding carboxylic acids is 2. The van der Waals surface area contributed by atoms with Gasteiger partial charge in [0.1, 0.15) is 23.1 Å². The molecule has 3 aromatic rings. The molecule has 0 aliphatic carbocycles. The predicted octanol–water partition coefficient (Wildman–Crippen LogP) is 3.80. The Morgan fingerprint density at radius 1 is 1.00 bits per heavy atom. The van der Waals surface area contributed by atoms with E-state index in [1.807, 2.05) is 38.1 Å². The Labute approximate surface area is 182 Å². The standard InChI is InChI=1S/C21H21F2N5O2S/c1-3-28-17(11-18(29)24-14-9-7-13(2)8-10-14)26-27-21(28)31-12-19(30)25-20-15(22)5-4-6-16(20)23/h4-10H,3,11-12H2,1-2H3,(H,24,29)(H,25,30). The minimum absolute atomic E-state index is 0.0158. The number of benzene rings is 2. The zero-order chi connectivity index (χ0) is 22.4. The first-order chi connectivity index (χ1) is 14.9. The fraction of sp³-hybridized carbons (Fsp3) is 0.238. The first kappa shape index (κ1) is 22.4. The Morgan fingerprint density at radius 2 is 1.68 bits per heavy atom. The number of aromatic nitrogens is 3. The number of para-hydroxylation sites is 1. The summed E-state index contributed by atoms with van der Waals surface area (Å²) in [6, 6.07) is 10.8. The second-order valence-corrected chi connectivity index (χ2v) is 7.61. The van der Waals surface area contributed by atoms with Crippen LogP contribution in [0.3, 0.4) is 0 Å². The minimum atomic E-state index is -0.850. The quantitative estimate of drug-likeness (QED) is 0.515. The molecule has 0 aliphatic rings. The molecule has 3 rings (SSSR count). The molecule has 0 unspecified atom stereocenters. The van der Waals surface area contributed by atoms with E-state index in [2.05, 4.69) is 20.8 Å². The van der Waals surface area contributed by atoms with Crippen LogP contribution in [0.4, 0.5) is 20.2 Å². The van der Waals surface area contributed by atoms with Crippen molar-refractivity contribution in [2.75, 3.05) is 16.4 Å². The van der Waals surface area contributed by atoms with Crippen LogP contribution in [-0.2, 0) is 22.6 Å². The van der Waals surface area contributed by atoms with Gasteiger partial charge >= 0.3 is 0 Å². The fourth-order valence-electron chi connectivity index (χ4n) is 2.78. The van der Waals surface area contributed by atoms with E-state index in [4.69, 9.17) is 0 Å². The van der Waals surface area contributed by atoms with Crippen LogP contribution >= 0.6 is 11.8 Å². The second kappa shape index (κ2) is 10.2. The van der Waals surface area contributed by atoms with Crippen molar-refractivity contribution in [1.82, 2.24) is 14.8 Å². The van der Waals surface area contributed by atoms with E-state index in [9.17, 15) is 18.4 Å². The molecule has 0 aliphatic heterocycles. The van der Waals surface area contributed by atoms with Crippen molar-refractivity contribution in [1.29, 1.82) is 0 Å². The highest BCUT2D eigenvalue weighted by atomic mass is 32.2. The van der Waals surface area contributed by atoms with Gasteiger partial charge in [-0.25, -0.2) is 8.78 Å². The number of carbonyl (C=O) groups is 2. The van der Waals surface area contributed by atoms with Crippen LogP contribution in [0, 0.1) is 18.6 Å². The normalized spacial score (nSPS) is 10.7. The van der Waals surface area contributed by atoms with Gasteiger partial charge in [0, 0.05) is 12.2 Å². The highest BCUT2D eigenvalue weighted by Crippen LogP contribution is 2.21. The van der Waals surface area contributed by atoms with Crippen molar-refractivity contribution >= 4 is 35.0 Å². The summed E-state index contributed by atoms with van der Waals surface area (Å²) in [5.74, 6) is -2.20. The number of hydrogen-bond acceptors (Lipinski definition) is 5. The number of rotatable bonds is 8. The number of nitrogens with zero attached hydrogens (tertiary/aromatic N) is 3. The molecule has 31 heavy (non-hydrogen) atoms. The summed E-state index contributed by atoms with van der Waals surface area (Å²) < 4.78 is 29.1. The van der Waals surface area contributed by atoms with Crippen LogP contribution in [0.5, 0.6) is 0 Å². The Kier molecular flexibility index (Phi) is 7.35. The van der Waals surface area contributed by atoms with Crippen LogP contribution in [-0.4, -0.2) is 32.3 Å². The lowest BCUT2D eigenvalue weighted by atomic mass is 10.2. The first-order valence-corrected chi connectivity index (χ1v) is 10.5. The molecule has 162 valence electrons. The van der Waals surface area contributed by atoms with Crippen LogP contribution in [0.1, 0.15) is 18.3 Å². The molecule has 7 nitrogen and oxygen atoms in total. The summed E-state index contributed by atoms with van der Waals surface area (Å²) in [6.07, 6.45) is 0.0158. The summed E-state index contributed by atoms with van der Waals surface area (Å²) >= 11 is 1.06. The van der Waals surface area contributed by atoms with E-state index in [0.717, 1.165) is 29.5 Å². The van der Waals surface area contributed by atoms with Crippen molar-refractivity contribution in [2.24, 2.45) is 0 Å². The van der Waals surface area contributed by atoms with Crippen molar-refractivity contribution in [3.8, 4) is 0 Å². The molecule has 0 atom stereocenters. The van der Waals surface area contributed by atoms with Crippen molar-refractivity contribution in [3.63, 3.8) is 0 Å². The smallest absolute Gasteiger partial charge is 0.235 e. The molecule has 1 aromatic heterocycles. The number of amides is 2. The lowest BCUT2D eigenvalue weighted by Crippen LogP contribution is -2.18. The van der Waals surface area contributed by atoms with E-state index in [0.29, 0.717) is 23.2 Å². The van der Waals surface area contributed by atoms with Crippen LogP contribution in [0.25, 0.3) is 0 Å². The number of thioether (sulfide) groups is 1. The van der Waals surface area contributed by atoms with Crippen LogP contribution in [0.2, 0.25) is 0 Å². The topological polar surface area (TPSA) is 88.9 Å². The van der Waals surface area contributed by atoms with E-state index in [-0.39, 0.29) is 18.1 Å². The number of anilines is 2. The maximum absolute atomic E-state index is 13.7. The van der Waals surface area contributed by atoms with E-state index in [1.165, 1.54) is 6.07 Å². The SMILES string of the molecule is CCn1c(CC(=O)Nc2ccc(C)cc2)nnc1SCC(=O)Nc1c(F)cccc1F. The molecule has 10 heteroatoms. The number of halogens is 2. The predicted molar refractivity (Wildman–Crippen MR) is 115 cm³/mol. The molecular weight excluding hydrogens is 424 g/mol. The maximum Gasteiger partial charge on any atom is 0.235 e. The number of aryl methyl sites for hydroxylation is 1. The Hall–Kier alpha value is -3.27. The lowest BCUT2D eigenvalue weighted by Gasteiger charge is -2.09. The van der Waals surface area contributed by atoms with Gasteiger partial charge in [0.2, 0.25) is 11.8 Å². The monoisotopic (exact) mass is 445 g/mol. The van der Waals surface area contributed by atoms with Gasteiger partial charge < -0.3 is 15.2 Å². The average molecular weight is 445 g/mol. The third-order valence-corrected chi connectivity index (χ3v) is 5.29. The summed E-state index contributed by atoms with van der Waals surface area (Å²) in [5.41, 5.74) is 1.29. The molecule has 0 fully saturated rings. The third kappa shape index (κ3) is 5.88. The lowest BCUT2D eigenvalue weighted by molar-refractivity contribution is -0.116. The summed E-state index contributed by atoms with van der Waals surface area (Å²) in [7, 11) is 0. The molecule has 0 saturated carbocycles. The Morgan fingerprint density at radius 3 is 2.32 bits per heavy atom. The van der Waals surface area contributed by atoms with Gasteiger partial charge in [-0.15, -0.1) is 10.2 Å². The molecule has 0 saturated heterocycles. The largest absolute Gasteiger partial charge is 0.326 e. The highest BCUT2D eigenvalue weighted by Gasteiger charge is 2.17. The molecule has 0 spiro atoms. The molecule has 0 radical (unpaired) electrons. The van der Waals surface area contributed by atoms with Gasteiger partial charge in [-0.3, -0.25) is 9.59 Å². The van der Waals surface area contributed by atoms with Crippen molar-refractivity contribution in [3.05, 3.63) is 65.5 Å². The third-order valence-electron chi connectivity index (χ3n) is 4.32. The Balaban J connectivity index is 1.59. The zero-order valence-electron chi connectivity index (χ0n) is 17.0. The van der Waals surface area contributed by atoms with Gasteiger partial charge in [0.25, 0.3) is 0 Å². The molecule has 1 heterocycles. The van der Waals surface area contributed by atoms with E-state index in [1.54, 1.807) is 4.57 Å². The van der Waals surface area contributed by atoms with Crippen molar-refractivity contribution < 1.29 is 18.4 Å². The fourth-order valence-corrected chi connectivity index (χ4v) is 3.60. The van der Waals surface area contributed by atoms with E-state index < -0.39 is 23.2 Å². The van der Waals surface area contributed by atoms with Gasteiger partial charge in [-0.05, 0) is 38.1 Å². The number of nitrogens with one attached hydrogen (secondary N) is 2. The Bertz CT molecular complexity index is 1070. The maximum atomic E-state index is 13.7. The van der Waals surface area contributed by atoms with Gasteiger partial charge in [-0.2, -0.15) is 0 Å². The first-order valence-electron chi connectivity index (χ1n) is 9.52. The molecule has 0 bridgehead atoms. The average Bonchev–Trinajstić information content (AvgIpc) is 3.12. The van der Waals surface area contributed by atoms with Crippen LogP contribution in [0.15, 0.2) is 47.6 Å². The molecule has 2 N–H and O–H groups in total. The summed E-state index contributed by atoms with van der Waals surface area (Å²) in [4.78, 5) is 24.5. The summed E-state index contributed by atoms with van der Waals surface area (Å²) in [5, 5.41) is 13.6. The molecular formula is C21H21F2N5O2S. The number of hydrogen-bond donors (Lipinski definition) is 2. The minimum Gasteiger partial charge on any atom is -0.326 e. The second-order valence-electron chi connectivity index (χ2n) is 6.67. The molecule has 2 aromatic carbocycles. The van der Waals surface area contributed by atoms with Crippen molar-refractivity contribution in [2.45, 2.75) is 32.0 Å².